The predicted molar refractivity (Wildman–Crippen MR) is 57.8 cm³/mol. The van der Waals surface area contributed by atoms with Crippen LogP contribution < -0.4 is 0 Å². The predicted octanol–water partition coefficient (Wildman–Crippen LogP) is 2.41. The molecule has 0 amide bonds. The summed E-state index contributed by atoms with van der Waals surface area (Å²) in [6, 6.07) is 0. The van der Waals surface area contributed by atoms with Crippen molar-refractivity contribution in [3.63, 3.8) is 0 Å². The zero-order valence-electron chi connectivity index (χ0n) is 7.96. The van der Waals surface area contributed by atoms with Gasteiger partial charge in [0.1, 0.15) is 0 Å². The van der Waals surface area contributed by atoms with E-state index >= 15 is 0 Å². The van der Waals surface area contributed by atoms with Crippen molar-refractivity contribution in [3.05, 3.63) is 22.4 Å². The maximum atomic E-state index is 11.1. The van der Waals surface area contributed by atoms with Gasteiger partial charge in [-0.3, -0.25) is 9.48 Å². The molecule has 0 unspecified atom stereocenters. The van der Waals surface area contributed by atoms with Crippen LogP contribution in [0.1, 0.15) is 25.5 Å². The number of carbonyl (C=O) groups excluding carboxylic acids is 1. The minimum absolute atomic E-state index is 0.218. The molecular formula is C10H11BrN2O. The van der Waals surface area contributed by atoms with Crippen LogP contribution in [0.15, 0.2) is 16.7 Å². The summed E-state index contributed by atoms with van der Waals surface area (Å²) >= 11 is 3.45. The Morgan fingerprint density at radius 3 is 2.93 bits per heavy atom. The highest BCUT2D eigenvalue weighted by molar-refractivity contribution is 9.10. The van der Waals surface area contributed by atoms with E-state index in [1.165, 1.54) is 0 Å². The highest BCUT2D eigenvalue weighted by atomic mass is 79.9. The molecule has 0 aliphatic heterocycles. The number of halogens is 1. The number of rotatable bonds is 2. The van der Waals surface area contributed by atoms with Gasteiger partial charge >= 0.3 is 0 Å². The fraction of sp³-hybridized carbons (Fsp3) is 0.400. The van der Waals surface area contributed by atoms with Gasteiger partial charge in [0.05, 0.1) is 16.4 Å². The third kappa shape index (κ3) is 1.54. The Morgan fingerprint density at radius 2 is 2.36 bits per heavy atom. The Labute approximate surface area is 90.9 Å². The van der Waals surface area contributed by atoms with E-state index < -0.39 is 0 Å². The largest absolute Gasteiger partial charge is 0.295 e. The van der Waals surface area contributed by atoms with Crippen molar-refractivity contribution in [1.82, 2.24) is 9.78 Å². The second-order valence-corrected chi connectivity index (χ2v) is 4.15. The third-order valence-corrected chi connectivity index (χ3v) is 2.95. The van der Waals surface area contributed by atoms with Crippen LogP contribution in [0, 0.1) is 0 Å². The second kappa shape index (κ2) is 3.69. The van der Waals surface area contributed by atoms with Crippen molar-refractivity contribution < 1.29 is 4.79 Å². The fourth-order valence-electron chi connectivity index (χ4n) is 1.70. The van der Waals surface area contributed by atoms with Crippen molar-refractivity contribution in [3.8, 4) is 0 Å². The molecule has 0 saturated heterocycles. The van der Waals surface area contributed by atoms with E-state index in [2.05, 4.69) is 21.0 Å². The van der Waals surface area contributed by atoms with E-state index in [4.69, 9.17) is 0 Å². The molecular weight excluding hydrogens is 244 g/mol. The Hall–Kier alpha value is -0.900. The number of aromatic nitrogens is 2. The number of nitrogens with zero attached hydrogens (tertiary/aromatic N) is 2. The van der Waals surface area contributed by atoms with Crippen molar-refractivity contribution in [1.29, 1.82) is 0 Å². The SMILES string of the molecule is CCn1ncc(Br)c1C1=CC(=O)CC1. The summed E-state index contributed by atoms with van der Waals surface area (Å²) in [5.41, 5.74) is 2.15. The monoisotopic (exact) mass is 254 g/mol. The molecule has 4 heteroatoms. The first kappa shape index (κ1) is 9.65. The van der Waals surface area contributed by atoms with Gasteiger partial charge < -0.3 is 0 Å². The summed E-state index contributed by atoms with van der Waals surface area (Å²) in [6.07, 6.45) is 4.98. The molecule has 0 N–H and O–H groups in total. The van der Waals surface area contributed by atoms with Gasteiger partial charge in [-0.15, -0.1) is 0 Å². The summed E-state index contributed by atoms with van der Waals surface area (Å²) in [5.74, 6) is 0.218. The first-order valence-electron chi connectivity index (χ1n) is 4.67. The van der Waals surface area contributed by atoms with Crippen LogP contribution in [-0.4, -0.2) is 15.6 Å². The lowest BCUT2D eigenvalue weighted by molar-refractivity contribution is -0.114. The minimum Gasteiger partial charge on any atom is -0.295 e. The Morgan fingerprint density at radius 1 is 1.57 bits per heavy atom. The van der Waals surface area contributed by atoms with E-state index in [0.29, 0.717) is 6.42 Å². The smallest absolute Gasteiger partial charge is 0.156 e. The summed E-state index contributed by atoms with van der Waals surface area (Å²) < 4.78 is 2.88. The molecule has 0 spiro atoms. The Balaban J connectivity index is 2.44. The van der Waals surface area contributed by atoms with Crippen molar-refractivity contribution in [2.24, 2.45) is 0 Å². The highest BCUT2D eigenvalue weighted by Gasteiger charge is 2.19. The van der Waals surface area contributed by atoms with Gasteiger partial charge in [0.15, 0.2) is 5.78 Å². The molecule has 0 radical (unpaired) electrons. The summed E-state index contributed by atoms with van der Waals surface area (Å²) in [5, 5.41) is 4.22. The van der Waals surface area contributed by atoms with Gasteiger partial charge in [-0.25, -0.2) is 0 Å². The Bertz CT molecular complexity index is 406. The van der Waals surface area contributed by atoms with Crippen molar-refractivity contribution in [2.75, 3.05) is 0 Å². The zero-order chi connectivity index (χ0) is 10.1. The van der Waals surface area contributed by atoms with Crippen LogP contribution in [-0.2, 0) is 11.3 Å². The average Bonchev–Trinajstić information content (AvgIpc) is 2.71. The average molecular weight is 255 g/mol. The maximum absolute atomic E-state index is 11.1. The quantitative estimate of drug-likeness (QED) is 0.813. The highest BCUT2D eigenvalue weighted by Crippen LogP contribution is 2.31. The maximum Gasteiger partial charge on any atom is 0.156 e. The number of ketones is 1. The summed E-state index contributed by atoms with van der Waals surface area (Å²) in [4.78, 5) is 11.1. The molecule has 0 saturated carbocycles. The summed E-state index contributed by atoms with van der Waals surface area (Å²) in [6.45, 7) is 2.87. The lowest BCUT2D eigenvalue weighted by Crippen LogP contribution is -2.01. The molecule has 0 fully saturated rings. The molecule has 74 valence electrons. The van der Waals surface area contributed by atoms with Crippen molar-refractivity contribution >= 4 is 27.3 Å². The molecule has 0 atom stereocenters. The molecule has 0 bridgehead atoms. The molecule has 1 aliphatic carbocycles. The minimum atomic E-state index is 0.218. The van der Waals surface area contributed by atoms with E-state index in [9.17, 15) is 4.79 Å². The molecule has 1 aromatic heterocycles. The third-order valence-electron chi connectivity index (χ3n) is 2.37. The molecule has 14 heavy (non-hydrogen) atoms. The fourth-order valence-corrected chi connectivity index (χ4v) is 2.26. The van der Waals surface area contributed by atoms with Gasteiger partial charge in [-0.05, 0) is 40.9 Å². The zero-order valence-corrected chi connectivity index (χ0v) is 9.54. The van der Waals surface area contributed by atoms with Crippen LogP contribution >= 0.6 is 15.9 Å². The van der Waals surface area contributed by atoms with Crippen LogP contribution in [0.5, 0.6) is 0 Å². The lowest BCUT2D eigenvalue weighted by atomic mass is 10.2. The van der Waals surface area contributed by atoms with Gasteiger partial charge in [0, 0.05) is 13.0 Å². The molecule has 1 aliphatic rings. The van der Waals surface area contributed by atoms with E-state index in [1.807, 2.05) is 11.6 Å². The number of hydrogen-bond acceptors (Lipinski definition) is 2. The van der Waals surface area contributed by atoms with E-state index in [0.717, 1.165) is 28.7 Å². The topological polar surface area (TPSA) is 34.9 Å². The van der Waals surface area contributed by atoms with Crippen LogP contribution in [0.25, 0.3) is 5.57 Å². The standard InChI is InChI=1S/C10H11BrN2O/c1-2-13-10(9(11)6-12-13)7-3-4-8(14)5-7/h5-6H,2-4H2,1H3. The van der Waals surface area contributed by atoms with Gasteiger partial charge in [0.2, 0.25) is 0 Å². The van der Waals surface area contributed by atoms with E-state index in [1.54, 1.807) is 12.3 Å². The van der Waals surface area contributed by atoms with Crippen molar-refractivity contribution in [2.45, 2.75) is 26.3 Å². The van der Waals surface area contributed by atoms with Crippen LogP contribution in [0.3, 0.4) is 0 Å². The van der Waals surface area contributed by atoms with Gasteiger partial charge in [0.25, 0.3) is 0 Å². The molecule has 1 heterocycles. The number of aryl methyl sites for hydroxylation is 1. The molecule has 3 nitrogen and oxygen atoms in total. The second-order valence-electron chi connectivity index (χ2n) is 3.29. The molecule has 1 aromatic rings. The Kier molecular flexibility index (Phi) is 2.54. The first-order chi connectivity index (χ1) is 6.72. The first-order valence-corrected chi connectivity index (χ1v) is 5.46. The number of hydrogen-bond donors (Lipinski definition) is 0. The number of carbonyl (C=O) groups is 1. The van der Waals surface area contributed by atoms with Gasteiger partial charge in [-0.2, -0.15) is 5.10 Å². The molecule has 0 aromatic carbocycles. The van der Waals surface area contributed by atoms with Gasteiger partial charge in [-0.1, -0.05) is 0 Å². The number of allylic oxidation sites excluding steroid dienone is 2. The van der Waals surface area contributed by atoms with Crippen LogP contribution in [0.2, 0.25) is 0 Å². The molecule has 2 rings (SSSR count). The normalized spacial score (nSPS) is 16.1. The summed E-state index contributed by atoms with van der Waals surface area (Å²) in [7, 11) is 0. The van der Waals surface area contributed by atoms with Crippen LogP contribution in [0.4, 0.5) is 0 Å². The van der Waals surface area contributed by atoms with E-state index in [-0.39, 0.29) is 5.78 Å². The lowest BCUT2D eigenvalue weighted by Gasteiger charge is -2.05.